The lowest BCUT2D eigenvalue weighted by Crippen LogP contribution is -2.42. The molecule has 0 spiro atoms. The first kappa shape index (κ1) is 13.1. The minimum absolute atomic E-state index is 0.685. The topological polar surface area (TPSA) is 30.9 Å². The van der Waals surface area contributed by atoms with Gasteiger partial charge in [-0.3, -0.25) is 0 Å². The van der Waals surface area contributed by atoms with Crippen molar-refractivity contribution in [1.29, 1.82) is 0 Å². The van der Waals surface area contributed by atoms with Gasteiger partial charge in [-0.15, -0.1) is 0 Å². The summed E-state index contributed by atoms with van der Waals surface area (Å²) in [5.41, 5.74) is 0. The fourth-order valence-corrected chi connectivity index (χ4v) is 3.84. The van der Waals surface area contributed by atoms with Gasteiger partial charge < -0.3 is 18.5 Å². The maximum atomic E-state index is 5.83. The van der Waals surface area contributed by atoms with Crippen LogP contribution < -0.4 is 0 Å². The summed E-state index contributed by atoms with van der Waals surface area (Å²) in [6, 6.07) is 1.07. The van der Waals surface area contributed by atoms with E-state index in [2.05, 4.69) is 25.5 Å². The van der Waals surface area contributed by atoms with Gasteiger partial charge in [-0.2, -0.15) is 0 Å². The first-order chi connectivity index (χ1) is 7.12. The van der Waals surface area contributed by atoms with E-state index in [1.165, 1.54) is 0 Å². The number of nitrogens with zero attached hydrogens (tertiary/aromatic N) is 1. The lowest BCUT2D eigenvalue weighted by Gasteiger charge is -2.29. The SMILES string of the molecule is CN(C)CCC[Si]1(C)OCCOCCO1. The molecule has 0 radical (unpaired) electrons. The maximum absolute atomic E-state index is 5.83. The third-order valence-electron chi connectivity index (χ3n) is 2.51. The molecule has 0 aromatic carbocycles. The average molecular weight is 233 g/mol. The smallest absolute Gasteiger partial charge is 0.335 e. The lowest BCUT2D eigenvalue weighted by atomic mass is 10.5. The number of ether oxygens (including phenoxy) is 1. The number of rotatable bonds is 4. The van der Waals surface area contributed by atoms with Crippen molar-refractivity contribution in [2.75, 3.05) is 47.1 Å². The van der Waals surface area contributed by atoms with Crippen LogP contribution in [0.1, 0.15) is 6.42 Å². The van der Waals surface area contributed by atoms with Gasteiger partial charge in [-0.05, 0) is 39.7 Å². The van der Waals surface area contributed by atoms with Gasteiger partial charge in [0.1, 0.15) is 0 Å². The zero-order valence-electron chi connectivity index (χ0n) is 10.1. The predicted octanol–water partition coefficient (Wildman–Crippen LogP) is 1.07. The molecule has 15 heavy (non-hydrogen) atoms. The molecule has 1 saturated heterocycles. The van der Waals surface area contributed by atoms with Crippen LogP contribution >= 0.6 is 0 Å². The Morgan fingerprint density at radius 2 is 1.67 bits per heavy atom. The second-order valence-electron chi connectivity index (χ2n) is 4.35. The molecule has 0 aromatic rings. The second kappa shape index (κ2) is 6.60. The van der Waals surface area contributed by atoms with Crippen LogP contribution in [-0.4, -0.2) is 60.5 Å². The van der Waals surface area contributed by atoms with Crippen molar-refractivity contribution >= 4 is 8.56 Å². The van der Waals surface area contributed by atoms with Gasteiger partial charge in [0.25, 0.3) is 0 Å². The van der Waals surface area contributed by atoms with Gasteiger partial charge in [-0.25, -0.2) is 0 Å². The summed E-state index contributed by atoms with van der Waals surface area (Å²) in [5.74, 6) is 0. The molecular weight excluding hydrogens is 210 g/mol. The second-order valence-corrected chi connectivity index (χ2v) is 7.69. The zero-order chi connectivity index (χ0) is 11.1. The molecule has 5 heteroatoms. The van der Waals surface area contributed by atoms with Crippen molar-refractivity contribution in [2.45, 2.75) is 19.0 Å². The van der Waals surface area contributed by atoms with E-state index in [1.807, 2.05) is 0 Å². The summed E-state index contributed by atoms with van der Waals surface area (Å²) < 4.78 is 16.9. The molecule has 0 amide bonds. The first-order valence-electron chi connectivity index (χ1n) is 5.63. The molecule has 90 valence electrons. The highest BCUT2D eigenvalue weighted by atomic mass is 28.4. The summed E-state index contributed by atoms with van der Waals surface area (Å²) in [4.78, 5) is 2.20. The van der Waals surface area contributed by atoms with Gasteiger partial charge in [0.2, 0.25) is 0 Å². The quantitative estimate of drug-likeness (QED) is 0.680. The molecule has 0 bridgehead atoms. The third-order valence-corrected chi connectivity index (χ3v) is 5.40. The summed E-state index contributed by atoms with van der Waals surface area (Å²) in [7, 11) is 2.30. The molecule has 1 aliphatic heterocycles. The molecule has 0 unspecified atom stereocenters. The molecule has 1 heterocycles. The summed E-state index contributed by atoms with van der Waals surface area (Å²) in [6.07, 6.45) is 1.15. The van der Waals surface area contributed by atoms with Crippen molar-refractivity contribution < 1.29 is 13.6 Å². The van der Waals surface area contributed by atoms with Crippen LogP contribution in [-0.2, 0) is 13.6 Å². The van der Waals surface area contributed by atoms with Crippen LogP contribution in [0.2, 0.25) is 12.6 Å². The van der Waals surface area contributed by atoms with E-state index in [1.54, 1.807) is 0 Å². The van der Waals surface area contributed by atoms with Gasteiger partial charge in [0.15, 0.2) is 0 Å². The summed E-state index contributed by atoms with van der Waals surface area (Å²) in [5, 5.41) is 0. The van der Waals surface area contributed by atoms with E-state index >= 15 is 0 Å². The van der Waals surface area contributed by atoms with E-state index in [-0.39, 0.29) is 0 Å². The van der Waals surface area contributed by atoms with E-state index < -0.39 is 8.56 Å². The van der Waals surface area contributed by atoms with Crippen molar-refractivity contribution in [3.8, 4) is 0 Å². The van der Waals surface area contributed by atoms with Gasteiger partial charge in [0.05, 0.1) is 26.4 Å². The Morgan fingerprint density at radius 1 is 1.07 bits per heavy atom. The monoisotopic (exact) mass is 233 g/mol. The molecular formula is C10H23NO3Si. The van der Waals surface area contributed by atoms with Crippen LogP contribution in [0.4, 0.5) is 0 Å². The van der Waals surface area contributed by atoms with Crippen molar-refractivity contribution in [2.24, 2.45) is 0 Å². The van der Waals surface area contributed by atoms with Crippen LogP contribution in [0.5, 0.6) is 0 Å². The molecule has 0 atom stereocenters. The molecule has 0 N–H and O–H groups in total. The largest absolute Gasteiger partial charge is 0.392 e. The fraction of sp³-hybridized carbons (Fsp3) is 1.00. The molecule has 0 saturated carbocycles. The van der Waals surface area contributed by atoms with E-state index in [4.69, 9.17) is 13.6 Å². The number of hydrogen-bond acceptors (Lipinski definition) is 4. The minimum Gasteiger partial charge on any atom is -0.392 e. The van der Waals surface area contributed by atoms with Crippen LogP contribution in [0.3, 0.4) is 0 Å². The van der Waals surface area contributed by atoms with Gasteiger partial charge in [-0.1, -0.05) is 0 Å². The Kier molecular flexibility index (Phi) is 5.77. The standard InChI is InChI=1S/C10H23NO3Si/c1-11(2)5-4-10-15(3)13-8-6-12-7-9-14-15/h4-10H2,1-3H3. The Hall–Kier alpha value is 0.0569. The third kappa shape index (κ3) is 5.63. The van der Waals surface area contributed by atoms with Crippen molar-refractivity contribution in [3.63, 3.8) is 0 Å². The lowest BCUT2D eigenvalue weighted by molar-refractivity contribution is 0.0262. The Bertz CT molecular complexity index is 170. The van der Waals surface area contributed by atoms with E-state index in [0.29, 0.717) is 26.4 Å². The maximum Gasteiger partial charge on any atom is 0.335 e. The van der Waals surface area contributed by atoms with Gasteiger partial charge >= 0.3 is 8.56 Å². The number of hydrogen-bond donors (Lipinski definition) is 0. The Balaban J connectivity index is 2.27. The first-order valence-corrected chi connectivity index (χ1v) is 8.15. The fourth-order valence-electron chi connectivity index (χ4n) is 1.64. The summed E-state index contributed by atoms with van der Waals surface area (Å²) >= 11 is 0. The highest BCUT2D eigenvalue weighted by molar-refractivity contribution is 6.66. The predicted molar refractivity (Wildman–Crippen MR) is 62.3 cm³/mol. The zero-order valence-corrected chi connectivity index (χ0v) is 11.1. The Morgan fingerprint density at radius 3 is 2.20 bits per heavy atom. The molecule has 1 rings (SSSR count). The summed E-state index contributed by atoms with van der Waals surface area (Å²) in [6.45, 7) is 6.05. The van der Waals surface area contributed by atoms with Crippen molar-refractivity contribution in [3.05, 3.63) is 0 Å². The average Bonchev–Trinajstić information content (AvgIpc) is 2.12. The normalized spacial score (nSPS) is 22.4. The molecule has 0 aromatic heterocycles. The highest BCUT2D eigenvalue weighted by Crippen LogP contribution is 2.17. The Labute approximate surface area is 93.7 Å². The molecule has 1 fully saturated rings. The molecule has 4 nitrogen and oxygen atoms in total. The van der Waals surface area contributed by atoms with E-state index in [9.17, 15) is 0 Å². The highest BCUT2D eigenvalue weighted by Gasteiger charge is 2.31. The molecule has 1 aliphatic rings. The van der Waals surface area contributed by atoms with Crippen molar-refractivity contribution in [1.82, 2.24) is 4.90 Å². The van der Waals surface area contributed by atoms with Crippen LogP contribution in [0.15, 0.2) is 0 Å². The minimum atomic E-state index is -1.89. The van der Waals surface area contributed by atoms with Crippen LogP contribution in [0, 0.1) is 0 Å². The molecule has 0 aliphatic carbocycles. The van der Waals surface area contributed by atoms with E-state index in [0.717, 1.165) is 19.0 Å². The van der Waals surface area contributed by atoms with Crippen LogP contribution in [0.25, 0.3) is 0 Å². The van der Waals surface area contributed by atoms with Gasteiger partial charge in [0, 0.05) is 0 Å².